The molecule has 0 aromatic heterocycles. The van der Waals surface area contributed by atoms with Gasteiger partial charge < -0.3 is 9.47 Å². The van der Waals surface area contributed by atoms with Gasteiger partial charge in [-0.15, -0.1) is 0 Å². The Balaban J connectivity index is 2.11. The first kappa shape index (κ1) is 10.0. The Morgan fingerprint density at radius 2 is 1.33 bits per heavy atom. The zero-order valence-corrected chi connectivity index (χ0v) is 8.21. The third-order valence-corrected chi connectivity index (χ3v) is 2.26. The van der Waals surface area contributed by atoms with E-state index in [4.69, 9.17) is 9.47 Å². The number of ether oxygens (including phenoxy) is 2. The molecular formula is C10H20O2. The Bertz CT molecular complexity index is 92.4. The van der Waals surface area contributed by atoms with Gasteiger partial charge in [-0.1, -0.05) is 26.7 Å². The van der Waals surface area contributed by atoms with Crippen LogP contribution in [0.25, 0.3) is 0 Å². The van der Waals surface area contributed by atoms with Crippen molar-refractivity contribution in [2.75, 3.05) is 13.2 Å². The van der Waals surface area contributed by atoms with E-state index in [1.54, 1.807) is 0 Å². The molecule has 0 aromatic carbocycles. The molecular weight excluding hydrogens is 152 g/mol. The van der Waals surface area contributed by atoms with Gasteiger partial charge >= 0.3 is 0 Å². The summed E-state index contributed by atoms with van der Waals surface area (Å²) in [6, 6.07) is 0. The predicted octanol–water partition coefficient (Wildman–Crippen LogP) is 2.37. The Kier molecular flexibility index (Phi) is 4.62. The van der Waals surface area contributed by atoms with Crippen LogP contribution in [0.2, 0.25) is 0 Å². The van der Waals surface area contributed by atoms with Crippen molar-refractivity contribution in [1.29, 1.82) is 0 Å². The first-order valence-corrected chi connectivity index (χ1v) is 5.10. The summed E-state index contributed by atoms with van der Waals surface area (Å²) in [5.41, 5.74) is 0. The maximum absolute atomic E-state index is 5.66. The summed E-state index contributed by atoms with van der Waals surface area (Å²) in [5, 5.41) is 0. The summed E-state index contributed by atoms with van der Waals surface area (Å²) in [7, 11) is 0. The predicted molar refractivity (Wildman–Crippen MR) is 49.3 cm³/mol. The van der Waals surface area contributed by atoms with Gasteiger partial charge in [0.15, 0.2) is 0 Å². The number of hydrogen-bond acceptors (Lipinski definition) is 2. The standard InChI is InChI=1S/C10H20O2/c1-3-5-9-7-12-10(6-4-2)8-11-9/h9-10H,3-8H2,1-2H3. The molecule has 0 aromatic rings. The van der Waals surface area contributed by atoms with Crippen LogP contribution < -0.4 is 0 Å². The van der Waals surface area contributed by atoms with E-state index in [1.165, 1.54) is 12.8 Å². The molecule has 2 atom stereocenters. The van der Waals surface area contributed by atoms with E-state index in [9.17, 15) is 0 Å². The highest BCUT2D eigenvalue weighted by Crippen LogP contribution is 2.14. The van der Waals surface area contributed by atoms with E-state index in [2.05, 4.69) is 13.8 Å². The summed E-state index contributed by atoms with van der Waals surface area (Å²) in [6.45, 7) is 5.97. The molecule has 0 spiro atoms. The summed E-state index contributed by atoms with van der Waals surface area (Å²) in [4.78, 5) is 0. The Labute approximate surface area is 75.2 Å². The van der Waals surface area contributed by atoms with Crippen molar-refractivity contribution in [1.82, 2.24) is 0 Å². The zero-order valence-electron chi connectivity index (χ0n) is 8.21. The topological polar surface area (TPSA) is 18.5 Å². The second kappa shape index (κ2) is 5.55. The third kappa shape index (κ3) is 3.11. The smallest absolute Gasteiger partial charge is 0.0809 e. The number of hydrogen-bond donors (Lipinski definition) is 0. The highest BCUT2D eigenvalue weighted by molar-refractivity contribution is 4.66. The average molecular weight is 172 g/mol. The largest absolute Gasteiger partial charge is 0.373 e. The minimum Gasteiger partial charge on any atom is -0.373 e. The molecule has 0 N–H and O–H groups in total. The lowest BCUT2D eigenvalue weighted by molar-refractivity contribution is -0.136. The van der Waals surface area contributed by atoms with E-state index in [0.29, 0.717) is 12.2 Å². The molecule has 0 bridgehead atoms. The van der Waals surface area contributed by atoms with E-state index in [0.717, 1.165) is 26.1 Å². The lowest BCUT2D eigenvalue weighted by Crippen LogP contribution is -2.35. The fourth-order valence-corrected chi connectivity index (χ4v) is 1.56. The molecule has 2 nitrogen and oxygen atoms in total. The van der Waals surface area contributed by atoms with Gasteiger partial charge in [0.1, 0.15) is 0 Å². The monoisotopic (exact) mass is 172 g/mol. The second-order valence-electron chi connectivity index (χ2n) is 3.49. The molecule has 2 heteroatoms. The maximum Gasteiger partial charge on any atom is 0.0809 e. The van der Waals surface area contributed by atoms with Crippen molar-refractivity contribution < 1.29 is 9.47 Å². The lowest BCUT2D eigenvalue weighted by Gasteiger charge is -2.29. The van der Waals surface area contributed by atoms with Gasteiger partial charge in [-0.3, -0.25) is 0 Å². The fourth-order valence-electron chi connectivity index (χ4n) is 1.56. The van der Waals surface area contributed by atoms with Gasteiger partial charge in [-0.05, 0) is 12.8 Å². The first-order valence-electron chi connectivity index (χ1n) is 5.10. The summed E-state index contributed by atoms with van der Waals surface area (Å²) < 4.78 is 11.3. The van der Waals surface area contributed by atoms with E-state index in [1.807, 2.05) is 0 Å². The Morgan fingerprint density at radius 3 is 1.58 bits per heavy atom. The molecule has 0 radical (unpaired) electrons. The van der Waals surface area contributed by atoms with Crippen molar-refractivity contribution >= 4 is 0 Å². The van der Waals surface area contributed by atoms with Crippen molar-refractivity contribution in [2.45, 2.75) is 51.7 Å². The fraction of sp³-hybridized carbons (Fsp3) is 1.00. The summed E-state index contributed by atoms with van der Waals surface area (Å²) in [5.74, 6) is 0. The molecule has 0 aliphatic carbocycles. The SMILES string of the molecule is CCCC1COC(CCC)CO1. The van der Waals surface area contributed by atoms with Crippen molar-refractivity contribution in [3.05, 3.63) is 0 Å². The zero-order chi connectivity index (χ0) is 8.81. The van der Waals surface area contributed by atoms with Crippen LogP contribution in [-0.2, 0) is 9.47 Å². The van der Waals surface area contributed by atoms with Crippen molar-refractivity contribution in [2.24, 2.45) is 0 Å². The molecule has 1 saturated heterocycles. The van der Waals surface area contributed by atoms with E-state index >= 15 is 0 Å². The molecule has 72 valence electrons. The normalized spacial score (nSPS) is 30.5. The van der Waals surface area contributed by atoms with Crippen molar-refractivity contribution in [3.8, 4) is 0 Å². The van der Waals surface area contributed by atoms with Crippen LogP contribution in [0.5, 0.6) is 0 Å². The quantitative estimate of drug-likeness (QED) is 0.648. The maximum atomic E-state index is 5.66. The van der Waals surface area contributed by atoms with E-state index in [-0.39, 0.29) is 0 Å². The molecule has 1 heterocycles. The molecule has 0 amide bonds. The van der Waals surface area contributed by atoms with Gasteiger partial charge in [0.05, 0.1) is 25.4 Å². The molecule has 1 fully saturated rings. The van der Waals surface area contributed by atoms with Crippen LogP contribution in [0, 0.1) is 0 Å². The molecule has 1 aliphatic rings. The third-order valence-electron chi connectivity index (χ3n) is 2.26. The summed E-state index contributed by atoms with van der Waals surface area (Å²) in [6.07, 6.45) is 5.38. The highest BCUT2D eigenvalue weighted by atomic mass is 16.6. The van der Waals surface area contributed by atoms with Crippen LogP contribution >= 0.6 is 0 Å². The number of rotatable bonds is 4. The van der Waals surface area contributed by atoms with Gasteiger partial charge in [0.2, 0.25) is 0 Å². The summed E-state index contributed by atoms with van der Waals surface area (Å²) >= 11 is 0. The van der Waals surface area contributed by atoms with Gasteiger partial charge in [0, 0.05) is 0 Å². The Morgan fingerprint density at radius 1 is 0.917 bits per heavy atom. The van der Waals surface area contributed by atoms with Crippen LogP contribution in [0.1, 0.15) is 39.5 Å². The van der Waals surface area contributed by atoms with Crippen LogP contribution in [0.3, 0.4) is 0 Å². The van der Waals surface area contributed by atoms with E-state index < -0.39 is 0 Å². The highest BCUT2D eigenvalue weighted by Gasteiger charge is 2.20. The molecule has 1 rings (SSSR count). The van der Waals surface area contributed by atoms with Crippen LogP contribution in [0.15, 0.2) is 0 Å². The lowest BCUT2D eigenvalue weighted by atomic mass is 10.1. The van der Waals surface area contributed by atoms with Gasteiger partial charge in [0.25, 0.3) is 0 Å². The van der Waals surface area contributed by atoms with Crippen LogP contribution in [0.4, 0.5) is 0 Å². The average Bonchev–Trinajstić information content (AvgIpc) is 2.09. The minimum absolute atomic E-state index is 0.364. The second-order valence-corrected chi connectivity index (χ2v) is 3.49. The molecule has 2 unspecified atom stereocenters. The van der Waals surface area contributed by atoms with Gasteiger partial charge in [-0.25, -0.2) is 0 Å². The minimum atomic E-state index is 0.364. The van der Waals surface area contributed by atoms with Crippen LogP contribution in [-0.4, -0.2) is 25.4 Å². The molecule has 0 saturated carbocycles. The molecule has 12 heavy (non-hydrogen) atoms. The first-order chi connectivity index (χ1) is 5.86. The Hall–Kier alpha value is -0.0800. The van der Waals surface area contributed by atoms with Gasteiger partial charge in [-0.2, -0.15) is 0 Å². The molecule has 1 aliphatic heterocycles. The van der Waals surface area contributed by atoms with Crippen molar-refractivity contribution in [3.63, 3.8) is 0 Å².